The van der Waals surface area contributed by atoms with E-state index >= 15 is 0 Å². The van der Waals surface area contributed by atoms with Crippen LogP contribution in [0.5, 0.6) is 0 Å². The predicted molar refractivity (Wildman–Crippen MR) is 65.2 cm³/mol. The Morgan fingerprint density at radius 2 is 1.75 bits per heavy atom. The SMILES string of the molecule is O=C(CCl)C1(CNC(=O)C(F)(F)C(F)F)CCCCC1. The first-order valence-corrected chi connectivity index (χ1v) is 6.83. The minimum absolute atomic E-state index is 0.291. The maximum Gasteiger partial charge on any atom is 0.383 e. The second-order valence-electron chi connectivity index (χ2n) is 5.00. The fraction of sp³-hybridized carbons (Fsp3) is 0.833. The first-order chi connectivity index (χ1) is 9.26. The molecule has 0 saturated heterocycles. The molecule has 1 saturated carbocycles. The number of Topliss-reactive ketones (excluding diaryl/α,β-unsaturated/α-hetero) is 1. The maximum absolute atomic E-state index is 12.8. The Kier molecular flexibility index (Phi) is 5.79. The molecule has 0 aliphatic heterocycles. The van der Waals surface area contributed by atoms with Gasteiger partial charge in [-0.3, -0.25) is 9.59 Å². The molecular formula is C12H16ClF4NO2. The summed E-state index contributed by atoms with van der Waals surface area (Å²) in [4.78, 5) is 23.0. The molecule has 0 unspecified atom stereocenters. The van der Waals surface area contributed by atoms with Crippen molar-refractivity contribution in [3.8, 4) is 0 Å². The highest BCUT2D eigenvalue weighted by atomic mass is 35.5. The van der Waals surface area contributed by atoms with Crippen LogP contribution < -0.4 is 5.32 Å². The molecule has 0 atom stereocenters. The number of carbonyl (C=O) groups is 2. The molecule has 116 valence electrons. The summed E-state index contributed by atoms with van der Waals surface area (Å²) in [5.41, 5.74) is -1.01. The number of alkyl halides is 5. The summed E-state index contributed by atoms with van der Waals surface area (Å²) in [6, 6.07) is 0. The van der Waals surface area contributed by atoms with Crippen molar-refractivity contribution in [1.29, 1.82) is 0 Å². The molecule has 1 aliphatic carbocycles. The zero-order chi connectivity index (χ0) is 15.4. The largest absolute Gasteiger partial charge is 0.383 e. The summed E-state index contributed by atoms with van der Waals surface area (Å²) >= 11 is 5.50. The summed E-state index contributed by atoms with van der Waals surface area (Å²) in [5, 5.41) is 1.78. The summed E-state index contributed by atoms with van der Waals surface area (Å²) in [5.74, 6) is -7.44. The lowest BCUT2D eigenvalue weighted by molar-refractivity contribution is -0.170. The number of amides is 1. The van der Waals surface area contributed by atoms with Gasteiger partial charge in [-0.05, 0) is 12.8 Å². The highest BCUT2D eigenvalue weighted by Gasteiger charge is 2.50. The molecule has 0 aromatic carbocycles. The van der Waals surface area contributed by atoms with Gasteiger partial charge in [0.1, 0.15) is 0 Å². The number of nitrogens with one attached hydrogen (secondary N) is 1. The molecule has 0 radical (unpaired) electrons. The Balaban J connectivity index is 2.73. The standard InChI is InChI=1S/C12H16ClF4NO2/c13-6-8(19)11(4-2-1-3-5-11)7-18-10(20)12(16,17)9(14)15/h9H,1-7H2,(H,18,20). The lowest BCUT2D eigenvalue weighted by Crippen LogP contribution is -2.51. The Labute approximate surface area is 119 Å². The Morgan fingerprint density at radius 1 is 1.20 bits per heavy atom. The first kappa shape index (κ1) is 17.2. The topological polar surface area (TPSA) is 46.2 Å². The third-order valence-electron chi connectivity index (χ3n) is 3.69. The van der Waals surface area contributed by atoms with Crippen molar-refractivity contribution in [3.63, 3.8) is 0 Å². The molecule has 1 amide bonds. The fourth-order valence-electron chi connectivity index (χ4n) is 2.39. The molecule has 0 bridgehead atoms. The van der Waals surface area contributed by atoms with E-state index in [1.807, 2.05) is 0 Å². The molecule has 0 spiro atoms. The van der Waals surface area contributed by atoms with E-state index in [9.17, 15) is 27.2 Å². The van der Waals surface area contributed by atoms with Crippen LogP contribution in [0.1, 0.15) is 32.1 Å². The Bertz CT molecular complexity index is 370. The summed E-state index contributed by atoms with van der Waals surface area (Å²) in [6.07, 6.45) is -0.919. The van der Waals surface area contributed by atoms with Crippen molar-refractivity contribution in [2.75, 3.05) is 12.4 Å². The Morgan fingerprint density at radius 3 is 2.20 bits per heavy atom. The van der Waals surface area contributed by atoms with E-state index in [0.717, 1.165) is 6.42 Å². The van der Waals surface area contributed by atoms with Crippen molar-refractivity contribution in [2.45, 2.75) is 44.5 Å². The molecule has 1 aliphatic rings. The predicted octanol–water partition coefficient (Wildman–Crippen LogP) is 2.76. The fourth-order valence-corrected chi connectivity index (χ4v) is 2.67. The molecule has 3 nitrogen and oxygen atoms in total. The lowest BCUT2D eigenvalue weighted by atomic mass is 9.71. The van der Waals surface area contributed by atoms with Gasteiger partial charge in [-0.1, -0.05) is 19.3 Å². The van der Waals surface area contributed by atoms with Crippen LogP contribution in [0.4, 0.5) is 17.6 Å². The molecule has 8 heteroatoms. The van der Waals surface area contributed by atoms with Crippen LogP contribution >= 0.6 is 11.6 Å². The molecule has 0 aromatic heterocycles. The minimum atomic E-state index is -4.75. The van der Waals surface area contributed by atoms with E-state index in [4.69, 9.17) is 11.6 Å². The van der Waals surface area contributed by atoms with Crippen LogP contribution in [0, 0.1) is 5.41 Å². The Hall–Kier alpha value is -0.850. The highest BCUT2D eigenvalue weighted by molar-refractivity contribution is 6.28. The van der Waals surface area contributed by atoms with E-state index < -0.39 is 23.7 Å². The third-order valence-corrected chi connectivity index (χ3v) is 3.93. The van der Waals surface area contributed by atoms with Crippen molar-refractivity contribution < 1.29 is 27.2 Å². The van der Waals surface area contributed by atoms with Gasteiger partial charge in [0.2, 0.25) is 0 Å². The summed E-state index contributed by atoms with van der Waals surface area (Å²) < 4.78 is 49.8. The van der Waals surface area contributed by atoms with Gasteiger partial charge in [0, 0.05) is 12.0 Å². The van der Waals surface area contributed by atoms with Crippen molar-refractivity contribution in [2.24, 2.45) is 5.41 Å². The van der Waals surface area contributed by atoms with Crippen molar-refractivity contribution in [1.82, 2.24) is 5.32 Å². The number of halogens is 5. The van der Waals surface area contributed by atoms with Gasteiger partial charge >= 0.3 is 12.3 Å². The second-order valence-corrected chi connectivity index (χ2v) is 5.27. The van der Waals surface area contributed by atoms with Gasteiger partial charge in [-0.15, -0.1) is 11.6 Å². The van der Waals surface area contributed by atoms with E-state index in [-0.39, 0.29) is 18.2 Å². The van der Waals surface area contributed by atoms with Crippen molar-refractivity contribution in [3.05, 3.63) is 0 Å². The zero-order valence-corrected chi connectivity index (χ0v) is 11.5. The average Bonchev–Trinajstić information content (AvgIpc) is 2.44. The van der Waals surface area contributed by atoms with Gasteiger partial charge in [0.15, 0.2) is 5.78 Å². The van der Waals surface area contributed by atoms with Crippen LogP contribution in [0.15, 0.2) is 0 Å². The summed E-state index contributed by atoms with van der Waals surface area (Å²) in [7, 11) is 0. The molecular weight excluding hydrogens is 302 g/mol. The monoisotopic (exact) mass is 317 g/mol. The van der Waals surface area contributed by atoms with Crippen LogP contribution in [-0.4, -0.2) is 36.5 Å². The molecule has 1 N–H and O–H groups in total. The number of ketones is 1. The van der Waals surface area contributed by atoms with Gasteiger partial charge in [-0.25, -0.2) is 8.78 Å². The van der Waals surface area contributed by atoms with E-state index in [0.29, 0.717) is 25.7 Å². The average molecular weight is 318 g/mol. The molecule has 1 fully saturated rings. The van der Waals surface area contributed by atoms with E-state index in [2.05, 4.69) is 0 Å². The third kappa shape index (κ3) is 3.62. The van der Waals surface area contributed by atoms with Gasteiger partial charge in [-0.2, -0.15) is 8.78 Å². The normalized spacial score (nSPS) is 18.9. The number of rotatable bonds is 6. The molecule has 20 heavy (non-hydrogen) atoms. The lowest BCUT2D eigenvalue weighted by Gasteiger charge is -2.35. The summed E-state index contributed by atoms with van der Waals surface area (Å²) in [6.45, 7) is -0.375. The minimum Gasteiger partial charge on any atom is -0.350 e. The highest BCUT2D eigenvalue weighted by Crippen LogP contribution is 2.37. The maximum atomic E-state index is 12.8. The smallest absolute Gasteiger partial charge is 0.350 e. The van der Waals surface area contributed by atoms with Crippen molar-refractivity contribution >= 4 is 23.3 Å². The number of hydrogen-bond acceptors (Lipinski definition) is 2. The van der Waals surface area contributed by atoms with Gasteiger partial charge in [0.05, 0.1) is 5.88 Å². The van der Waals surface area contributed by atoms with Gasteiger partial charge < -0.3 is 5.32 Å². The molecule has 0 aromatic rings. The zero-order valence-electron chi connectivity index (χ0n) is 10.7. The first-order valence-electron chi connectivity index (χ1n) is 6.30. The van der Waals surface area contributed by atoms with Gasteiger partial charge in [0.25, 0.3) is 5.91 Å². The van der Waals surface area contributed by atoms with Crippen LogP contribution in [-0.2, 0) is 9.59 Å². The van der Waals surface area contributed by atoms with Crippen LogP contribution in [0.2, 0.25) is 0 Å². The number of hydrogen-bond donors (Lipinski definition) is 1. The molecule has 1 rings (SSSR count). The van der Waals surface area contributed by atoms with E-state index in [1.165, 1.54) is 0 Å². The quantitative estimate of drug-likeness (QED) is 0.605. The van der Waals surface area contributed by atoms with Crippen LogP contribution in [0.3, 0.4) is 0 Å². The second kappa shape index (κ2) is 6.74. The number of carbonyl (C=O) groups excluding carboxylic acids is 2. The molecule has 0 heterocycles. The van der Waals surface area contributed by atoms with E-state index in [1.54, 1.807) is 5.32 Å². The van der Waals surface area contributed by atoms with Crippen LogP contribution in [0.25, 0.3) is 0 Å².